The Morgan fingerprint density at radius 2 is 1.29 bits per heavy atom. The van der Waals surface area contributed by atoms with Gasteiger partial charge in [-0.15, -0.1) is 0 Å². The smallest absolute Gasteiger partial charge is 0.0612 e. The molecule has 1 N–H and O–H groups in total. The maximum absolute atomic E-state index is 8.92. The predicted molar refractivity (Wildman–Crippen MR) is 71.0 cm³/mol. The molecule has 0 aliphatic heterocycles. The molecule has 0 aliphatic rings. The number of benzene rings is 2. The van der Waals surface area contributed by atoms with E-state index in [-0.39, 0.29) is 12.5 Å². The van der Waals surface area contributed by atoms with Crippen LogP contribution in [0.25, 0.3) is 0 Å². The summed E-state index contributed by atoms with van der Waals surface area (Å²) in [4.78, 5) is 0. The first-order valence-electron chi connectivity index (χ1n) is 5.79. The summed E-state index contributed by atoms with van der Waals surface area (Å²) in [6.45, 7) is 0.0795. The van der Waals surface area contributed by atoms with Crippen molar-refractivity contribution in [3.8, 4) is 0 Å². The van der Waals surface area contributed by atoms with Crippen LogP contribution in [0.4, 0.5) is 0 Å². The van der Waals surface area contributed by atoms with Gasteiger partial charge in [-0.25, -0.2) is 0 Å². The predicted octanol–water partition coefficient (Wildman–Crippen LogP) is 3.37. The lowest BCUT2D eigenvalue weighted by Gasteiger charge is -2.13. The van der Waals surface area contributed by atoms with Gasteiger partial charge in [0.05, 0.1) is 6.61 Å². The topological polar surface area (TPSA) is 20.2 Å². The molecule has 0 bridgehead atoms. The van der Waals surface area contributed by atoms with Crippen molar-refractivity contribution in [1.29, 1.82) is 0 Å². The van der Waals surface area contributed by atoms with E-state index in [0.29, 0.717) is 0 Å². The van der Waals surface area contributed by atoms with E-state index >= 15 is 0 Å². The zero-order valence-electron chi connectivity index (χ0n) is 9.66. The van der Waals surface area contributed by atoms with Crippen LogP contribution in [-0.4, -0.2) is 11.7 Å². The first-order valence-corrected chi connectivity index (χ1v) is 5.79. The van der Waals surface area contributed by atoms with Gasteiger partial charge in [0, 0.05) is 5.92 Å². The van der Waals surface area contributed by atoms with Gasteiger partial charge in [0.25, 0.3) is 0 Å². The first kappa shape index (κ1) is 11.6. The summed E-state index contributed by atoms with van der Waals surface area (Å²) in [6.07, 6.45) is 3.84. The maximum atomic E-state index is 8.92. The van der Waals surface area contributed by atoms with E-state index in [1.165, 1.54) is 11.1 Å². The number of hydrogen-bond acceptors (Lipinski definition) is 1. The monoisotopic (exact) mass is 224 g/mol. The summed E-state index contributed by atoms with van der Waals surface area (Å²) in [5.74, 6) is 0.213. The van der Waals surface area contributed by atoms with Gasteiger partial charge in [0.2, 0.25) is 0 Å². The van der Waals surface area contributed by atoms with Crippen LogP contribution in [0.5, 0.6) is 0 Å². The molecule has 17 heavy (non-hydrogen) atoms. The number of aliphatic hydroxyl groups excluding tert-OH is 1. The van der Waals surface area contributed by atoms with Crippen molar-refractivity contribution >= 4 is 0 Å². The Hall–Kier alpha value is -1.86. The third-order valence-electron chi connectivity index (χ3n) is 2.75. The molecule has 0 aromatic heterocycles. The van der Waals surface area contributed by atoms with Gasteiger partial charge in [-0.05, 0) is 11.1 Å². The molecule has 0 heterocycles. The SMILES string of the molecule is OC/C=C/C(c1ccccc1)c1ccccc1. The molecule has 0 radical (unpaired) electrons. The average Bonchev–Trinajstić information content (AvgIpc) is 2.42. The second-order valence-corrected chi connectivity index (χ2v) is 3.91. The lowest BCUT2D eigenvalue weighted by Crippen LogP contribution is -1.97. The largest absolute Gasteiger partial charge is 0.392 e. The summed E-state index contributed by atoms with van der Waals surface area (Å²) in [5, 5.41) is 8.92. The molecule has 1 nitrogen and oxygen atoms in total. The highest BCUT2D eigenvalue weighted by Crippen LogP contribution is 2.25. The summed E-state index contributed by atoms with van der Waals surface area (Å²) in [7, 11) is 0. The summed E-state index contributed by atoms with van der Waals surface area (Å²) < 4.78 is 0. The Morgan fingerprint density at radius 3 is 1.71 bits per heavy atom. The molecule has 0 spiro atoms. The zero-order chi connectivity index (χ0) is 11.9. The van der Waals surface area contributed by atoms with Crippen LogP contribution in [0.1, 0.15) is 17.0 Å². The van der Waals surface area contributed by atoms with Crippen molar-refractivity contribution in [2.75, 3.05) is 6.61 Å². The number of aliphatic hydroxyl groups is 1. The fourth-order valence-electron chi connectivity index (χ4n) is 1.93. The summed E-state index contributed by atoms with van der Waals surface area (Å²) in [6, 6.07) is 20.6. The van der Waals surface area contributed by atoms with Crippen molar-refractivity contribution in [2.24, 2.45) is 0 Å². The fourth-order valence-corrected chi connectivity index (χ4v) is 1.93. The first-order chi connectivity index (χ1) is 8.42. The highest BCUT2D eigenvalue weighted by Gasteiger charge is 2.09. The maximum Gasteiger partial charge on any atom is 0.0612 e. The van der Waals surface area contributed by atoms with E-state index in [0.717, 1.165) is 0 Å². The normalized spacial score (nSPS) is 11.2. The molecule has 2 aromatic rings. The molecule has 2 aromatic carbocycles. The summed E-state index contributed by atoms with van der Waals surface area (Å²) in [5.41, 5.74) is 2.48. The van der Waals surface area contributed by atoms with E-state index in [2.05, 4.69) is 24.3 Å². The van der Waals surface area contributed by atoms with Crippen LogP contribution >= 0.6 is 0 Å². The zero-order valence-corrected chi connectivity index (χ0v) is 9.66. The highest BCUT2D eigenvalue weighted by atomic mass is 16.2. The molecule has 0 saturated carbocycles. The number of hydrogen-bond donors (Lipinski definition) is 1. The van der Waals surface area contributed by atoms with Gasteiger partial charge in [0.15, 0.2) is 0 Å². The van der Waals surface area contributed by atoms with Gasteiger partial charge in [-0.3, -0.25) is 0 Å². The van der Waals surface area contributed by atoms with Gasteiger partial charge >= 0.3 is 0 Å². The average molecular weight is 224 g/mol. The Balaban J connectivity index is 2.36. The molecule has 1 heteroatoms. The van der Waals surface area contributed by atoms with Crippen molar-refractivity contribution in [3.63, 3.8) is 0 Å². The minimum absolute atomic E-state index is 0.0795. The summed E-state index contributed by atoms with van der Waals surface area (Å²) >= 11 is 0. The lowest BCUT2D eigenvalue weighted by molar-refractivity contribution is 0.342. The van der Waals surface area contributed by atoms with Gasteiger partial charge in [0.1, 0.15) is 0 Å². The molecule has 0 aliphatic carbocycles. The molecular formula is C16H16O. The van der Waals surface area contributed by atoms with Crippen LogP contribution in [0.3, 0.4) is 0 Å². The molecule has 0 atom stereocenters. The van der Waals surface area contributed by atoms with Crippen LogP contribution in [0.2, 0.25) is 0 Å². The minimum Gasteiger partial charge on any atom is -0.392 e. The van der Waals surface area contributed by atoms with Crippen LogP contribution in [-0.2, 0) is 0 Å². The van der Waals surface area contributed by atoms with E-state index < -0.39 is 0 Å². The molecule has 0 amide bonds. The minimum atomic E-state index is 0.0795. The Morgan fingerprint density at radius 1 is 0.824 bits per heavy atom. The van der Waals surface area contributed by atoms with Gasteiger partial charge in [-0.2, -0.15) is 0 Å². The van der Waals surface area contributed by atoms with Gasteiger partial charge < -0.3 is 5.11 Å². The van der Waals surface area contributed by atoms with Crippen LogP contribution < -0.4 is 0 Å². The number of allylic oxidation sites excluding steroid dienone is 1. The second kappa shape index (κ2) is 6.02. The van der Waals surface area contributed by atoms with Gasteiger partial charge in [-0.1, -0.05) is 72.8 Å². The number of rotatable bonds is 4. The fraction of sp³-hybridized carbons (Fsp3) is 0.125. The quantitative estimate of drug-likeness (QED) is 0.789. The third kappa shape index (κ3) is 3.05. The van der Waals surface area contributed by atoms with Crippen LogP contribution in [0.15, 0.2) is 72.8 Å². The Labute approximate surface area is 102 Å². The van der Waals surface area contributed by atoms with E-state index in [1.54, 1.807) is 6.08 Å². The van der Waals surface area contributed by atoms with Crippen molar-refractivity contribution in [2.45, 2.75) is 5.92 Å². The van der Waals surface area contributed by atoms with Crippen molar-refractivity contribution in [1.82, 2.24) is 0 Å². The van der Waals surface area contributed by atoms with Crippen molar-refractivity contribution < 1.29 is 5.11 Å². The third-order valence-corrected chi connectivity index (χ3v) is 2.75. The molecule has 86 valence electrons. The molecular weight excluding hydrogens is 208 g/mol. The van der Waals surface area contributed by atoms with E-state index in [9.17, 15) is 0 Å². The molecule has 0 saturated heterocycles. The Kier molecular flexibility index (Phi) is 4.11. The molecule has 0 fully saturated rings. The standard InChI is InChI=1S/C16H16O/c17-13-7-12-16(14-8-3-1-4-9-14)15-10-5-2-6-11-15/h1-12,16-17H,13H2/b12-7+. The second-order valence-electron chi connectivity index (χ2n) is 3.91. The highest BCUT2D eigenvalue weighted by molar-refractivity contribution is 5.36. The molecule has 0 unspecified atom stereocenters. The molecule has 2 rings (SSSR count). The van der Waals surface area contributed by atoms with E-state index in [4.69, 9.17) is 5.11 Å². The Bertz CT molecular complexity index is 420. The lowest BCUT2D eigenvalue weighted by atomic mass is 9.91. The van der Waals surface area contributed by atoms with E-state index in [1.807, 2.05) is 42.5 Å². The van der Waals surface area contributed by atoms with Crippen LogP contribution in [0, 0.1) is 0 Å². The van der Waals surface area contributed by atoms with Crippen molar-refractivity contribution in [3.05, 3.63) is 83.9 Å².